The molecule has 1 aliphatic heterocycles. The number of nitrogens with zero attached hydrogens (tertiary/aromatic N) is 1. The van der Waals surface area contributed by atoms with Crippen molar-refractivity contribution in [1.29, 1.82) is 0 Å². The van der Waals surface area contributed by atoms with E-state index in [0.29, 0.717) is 6.04 Å². The number of amides is 1. The summed E-state index contributed by atoms with van der Waals surface area (Å²) in [4.78, 5) is 14.3. The first kappa shape index (κ1) is 15.0. The molecule has 1 atom stereocenters. The molecule has 100 valence electrons. The summed E-state index contributed by atoms with van der Waals surface area (Å²) in [6, 6.07) is 10.4. The van der Waals surface area contributed by atoms with Crippen LogP contribution < -0.4 is 5.32 Å². The lowest BCUT2D eigenvalue weighted by molar-refractivity contribution is -0.134. The average Bonchev–Trinajstić information content (AvgIpc) is 2.29. The predicted octanol–water partition coefficient (Wildman–Crippen LogP) is 2.03. The molecule has 0 spiro atoms. The molecule has 1 amide bonds. The Morgan fingerprint density at radius 3 is 2.44 bits per heavy atom. The molecule has 1 heterocycles. The lowest BCUT2D eigenvalue weighted by Gasteiger charge is -2.37. The predicted molar refractivity (Wildman–Crippen MR) is 76.1 cm³/mol. The van der Waals surface area contributed by atoms with Crippen molar-refractivity contribution in [3.63, 3.8) is 0 Å². The van der Waals surface area contributed by atoms with Gasteiger partial charge in [0.05, 0.1) is 12.0 Å². The van der Waals surface area contributed by atoms with Crippen LogP contribution in [0.15, 0.2) is 30.3 Å². The van der Waals surface area contributed by atoms with Gasteiger partial charge in [-0.05, 0) is 12.0 Å². The van der Waals surface area contributed by atoms with Crippen LogP contribution in [0.25, 0.3) is 0 Å². The van der Waals surface area contributed by atoms with E-state index in [1.54, 1.807) is 0 Å². The molecule has 2 rings (SSSR count). The average molecular weight is 269 g/mol. The Kier molecular flexibility index (Phi) is 5.63. The van der Waals surface area contributed by atoms with Crippen LogP contribution in [0.4, 0.5) is 0 Å². The number of halogens is 1. The molecule has 1 aromatic carbocycles. The van der Waals surface area contributed by atoms with Crippen molar-refractivity contribution in [2.45, 2.75) is 25.3 Å². The highest BCUT2D eigenvalue weighted by Gasteiger charge is 2.29. The van der Waals surface area contributed by atoms with Crippen molar-refractivity contribution in [3.8, 4) is 0 Å². The lowest BCUT2D eigenvalue weighted by atomic mass is 9.94. The Bertz CT molecular complexity index is 379. The summed E-state index contributed by atoms with van der Waals surface area (Å²) < 4.78 is 0. The zero-order chi connectivity index (χ0) is 12.3. The van der Waals surface area contributed by atoms with Crippen molar-refractivity contribution >= 4 is 18.3 Å². The number of nitrogens with one attached hydrogen (secondary N) is 1. The van der Waals surface area contributed by atoms with Gasteiger partial charge in [0, 0.05) is 20.1 Å². The molecule has 1 unspecified atom stereocenters. The number of rotatable bonds is 4. The summed E-state index contributed by atoms with van der Waals surface area (Å²) in [6.45, 7) is 3.92. The fourth-order valence-electron chi connectivity index (χ4n) is 2.21. The number of benzene rings is 1. The van der Waals surface area contributed by atoms with Crippen LogP contribution >= 0.6 is 12.4 Å². The minimum atomic E-state index is 0. The third kappa shape index (κ3) is 3.03. The molecule has 1 aliphatic rings. The summed E-state index contributed by atoms with van der Waals surface area (Å²) in [7, 11) is 1.92. The van der Waals surface area contributed by atoms with Gasteiger partial charge < -0.3 is 10.2 Å². The fraction of sp³-hybridized carbons (Fsp3) is 0.500. The van der Waals surface area contributed by atoms with Gasteiger partial charge in [0.2, 0.25) is 5.91 Å². The first-order valence-corrected chi connectivity index (χ1v) is 6.26. The zero-order valence-electron chi connectivity index (χ0n) is 10.9. The van der Waals surface area contributed by atoms with Crippen LogP contribution in [0, 0.1) is 0 Å². The lowest BCUT2D eigenvalue weighted by Crippen LogP contribution is -2.58. The molecular weight excluding hydrogens is 248 g/mol. The third-order valence-corrected chi connectivity index (χ3v) is 3.56. The van der Waals surface area contributed by atoms with Crippen molar-refractivity contribution in [2.24, 2.45) is 0 Å². The fourth-order valence-corrected chi connectivity index (χ4v) is 2.21. The van der Waals surface area contributed by atoms with Crippen LogP contribution in [0.5, 0.6) is 0 Å². The molecule has 4 heteroatoms. The summed E-state index contributed by atoms with van der Waals surface area (Å²) in [5.41, 5.74) is 1.12. The Morgan fingerprint density at radius 2 is 2.00 bits per heavy atom. The highest BCUT2D eigenvalue weighted by atomic mass is 35.5. The SMILES string of the molecule is CCC(C(=O)N(C)C1CNC1)c1ccccc1.Cl. The summed E-state index contributed by atoms with van der Waals surface area (Å²) in [5, 5.41) is 3.20. The number of likely N-dealkylation sites (N-methyl/N-ethyl adjacent to an activating group) is 1. The van der Waals surface area contributed by atoms with Gasteiger partial charge >= 0.3 is 0 Å². The Hall–Kier alpha value is -1.06. The van der Waals surface area contributed by atoms with E-state index in [1.807, 2.05) is 42.3 Å². The Labute approximate surface area is 115 Å². The van der Waals surface area contributed by atoms with Crippen molar-refractivity contribution in [2.75, 3.05) is 20.1 Å². The van der Waals surface area contributed by atoms with E-state index in [2.05, 4.69) is 12.2 Å². The quantitative estimate of drug-likeness (QED) is 0.906. The van der Waals surface area contributed by atoms with Gasteiger partial charge in [-0.3, -0.25) is 4.79 Å². The molecule has 0 aromatic heterocycles. The summed E-state index contributed by atoms with van der Waals surface area (Å²) in [5.74, 6) is 0.243. The van der Waals surface area contributed by atoms with Crippen molar-refractivity contribution < 1.29 is 4.79 Å². The van der Waals surface area contributed by atoms with E-state index in [0.717, 1.165) is 25.1 Å². The molecule has 0 aliphatic carbocycles. The standard InChI is InChI=1S/C14H20N2O.ClH/c1-3-13(11-7-5-4-6-8-11)14(17)16(2)12-9-15-10-12;/h4-8,12-13,15H,3,9-10H2,1-2H3;1H. The minimum absolute atomic E-state index is 0. The summed E-state index contributed by atoms with van der Waals surface area (Å²) >= 11 is 0. The molecule has 0 radical (unpaired) electrons. The maximum Gasteiger partial charge on any atom is 0.230 e. The molecular formula is C14H21ClN2O. The van der Waals surface area contributed by atoms with E-state index < -0.39 is 0 Å². The Balaban J connectivity index is 0.00000162. The largest absolute Gasteiger partial charge is 0.340 e. The van der Waals surface area contributed by atoms with Crippen molar-refractivity contribution in [3.05, 3.63) is 35.9 Å². The smallest absolute Gasteiger partial charge is 0.230 e. The second-order valence-electron chi connectivity index (χ2n) is 4.63. The monoisotopic (exact) mass is 268 g/mol. The van der Waals surface area contributed by atoms with Gasteiger partial charge in [-0.2, -0.15) is 0 Å². The Morgan fingerprint density at radius 1 is 1.39 bits per heavy atom. The number of carbonyl (C=O) groups excluding carboxylic acids is 1. The topological polar surface area (TPSA) is 32.3 Å². The van der Waals surface area contributed by atoms with Gasteiger partial charge in [0.15, 0.2) is 0 Å². The molecule has 1 N–H and O–H groups in total. The van der Waals surface area contributed by atoms with Crippen LogP contribution in [-0.2, 0) is 4.79 Å². The number of carbonyl (C=O) groups is 1. The molecule has 0 saturated carbocycles. The van der Waals surface area contributed by atoms with E-state index >= 15 is 0 Å². The normalized spacial score (nSPS) is 16.3. The van der Waals surface area contributed by atoms with E-state index in [-0.39, 0.29) is 24.2 Å². The van der Waals surface area contributed by atoms with Gasteiger partial charge in [-0.1, -0.05) is 37.3 Å². The third-order valence-electron chi connectivity index (χ3n) is 3.56. The summed E-state index contributed by atoms with van der Waals surface area (Å²) in [6.07, 6.45) is 0.854. The van der Waals surface area contributed by atoms with Crippen molar-refractivity contribution in [1.82, 2.24) is 10.2 Å². The second-order valence-corrected chi connectivity index (χ2v) is 4.63. The molecule has 1 aromatic rings. The number of hydrogen-bond donors (Lipinski definition) is 1. The van der Waals surface area contributed by atoms with Gasteiger partial charge in [-0.15, -0.1) is 12.4 Å². The molecule has 1 fully saturated rings. The first-order chi connectivity index (χ1) is 8.24. The van der Waals surface area contributed by atoms with Crippen LogP contribution in [-0.4, -0.2) is 37.0 Å². The van der Waals surface area contributed by atoms with Gasteiger partial charge in [0.1, 0.15) is 0 Å². The highest BCUT2D eigenvalue weighted by Crippen LogP contribution is 2.22. The molecule has 1 saturated heterocycles. The number of hydrogen-bond acceptors (Lipinski definition) is 2. The van der Waals surface area contributed by atoms with Gasteiger partial charge in [-0.25, -0.2) is 0 Å². The van der Waals surface area contributed by atoms with Crippen LogP contribution in [0.1, 0.15) is 24.8 Å². The maximum absolute atomic E-state index is 12.4. The zero-order valence-corrected chi connectivity index (χ0v) is 11.7. The van der Waals surface area contributed by atoms with E-state index in [1.165, 1.54) is 0 Å². The maximum atomic E-state index is 12.4. The molecule has 0 bridgehead atoms. The van der Waals surface area contributed by atoms with E-state index in [4.69, 9.17) is 0 Å². The highest BCUT2D eigenvalue weighted by molar-refractivity contribution is 5.85. The van der Waals surface area contributed by atoms with Crippen LogP contribution in [0.2, 0.25) is 0 Å². The molecule has 3 nitrogen and oxygen atoms in total. The molecule has 18 heavy (non-hydrogen) atoms. The van der Waals surface area contributed by atoms with Crippen LogP contribution in [0.3, 0.4) is 0 Å². The van der Waals surface area contributed by atoms with Gasteiger partial charge in [0.25, 0.3) is 0 Å². The second kappa shape index (κ2) is 6.76. The van der Waals surface area contributed by atoms with E-state index in [9.17, 15) is 4.79 Å². The minimum Gasteiger partial charge on any atom is -0.340 e. The first-order valence-electron chi connectivity index (χ1n) is 6.26.